The molecule has 140 valence electrons. The lowest BCUT2D eigenvalue weighted by Crippen LogP contribution is -2.49. The lowest BCUT2D eigenvalue weighted by atomic mass is 9.85. The largest absolute Gasteiger partial charge is 0.294 e. The predicted octanol–water partition coefficient (Wildman–Crippen LogP) is 4.23. The normalized spacial score (nSPS) is 37.1. The van der Waals surface area contributed by atoms with Crippen molar-refractivity contribution in [2.24, 2.45) is 27.8 Å². The van der Waals surface area contributed by atoms with Gasteiger partial charge in [0.1, 0.15) is 6.17 Å². The number of hydrazone groups is 1. The van der Waals surface area contributed by atoms with Crippen LogP contribution in [0, 0.1) is 17.8 Å². The number of rotatable bonds is 6. The summed E-state index contributed by atoms with van der Waals surface area (Å²) in [5.41, 5.74) is 0. The molecule has 4 heteroatoms. The van der Waals surface area contributed by atoms with Crippen LogP contribution in [-0.2, 0) is 0 Å². The van der Waals surface area contributed by atoms with Gasteiger partial charge in [0.15, 0.2) is 0 Å². The lowest BCUT2D eigenvalue weighted by molar-refractivity contribution is 0.155. The first-order valence-electron chi connectivity index (χ1n) is 10.4. The Morgan fingerprint density at radius 2 is 2.08 bits per heavy atom. The summed E-state index contributed by atoms with van der Waals surface area (Å²) in [6.45, 7) is 7.82. The summed E-state index contributed by atoms with van der Waals surface area (Å²) in [7, 11) is 0. The van der Waals surface area contributed by atoms with Gasteiger partial charge in [-0.2, -0.15) is 5.10 Å². The highest BCUT2D eigenvalue weighted by Crippen LogP contribution is 2.29. The van der Waals surface area contributed by atoms with Crippen LogP contribution in [0.5, 0.6) is 0 Å². The van der Waals surface area contributed by atoms with Gasteiger partial charge in [-0.25, -0.2) is 0 Å². The molecule has 0 aromatic carbocycles. The zero-order valence-corrected chi connectivity index (χ0v) is 16.3. The number of hydrogen-bond acceptors (Lipinski definition) is 4. The first-order valence-corrected chi connectivity index (χ1v) is 10.4. The van der Waals surface area contributed by atoms with E-state index in [1.807, 2.05) is 13.1 Å². The SMILES string of the molecule is CC=NC(NC1CCCCC1C)C1C=NN(CC2CC=CCC2)C1C. The quantitative estimate of drug-likeness (QED) is 0.578. The Morgan fingerprint density at radius 1 is 1.24 bits per heavy atom. The lowest BCUT2D eigenvalue weighted by Gasteiger charge is -2.35. The van der Waals surface area contributed by atoms with Crippen LogP contribution in [0.25, 0.3) is 0 Å². The van der Waals surface area contributed by atoms with E-state index < -0.39 is 0 Å². The van der Waals surface area contributed by atoms with Gasteiger partial charge >= 0.3 is 0 Å². The summed E-state index contributed by atoms with van der Waals surface area (Å²) in [6.07, 6.45) is 18.0. The molecule has 1 aliphatic heterocycles. The fourth-order valence-corrected chi connectivity index (χ4v) is 4.63. The average molecular weight is 345 g/mol. The predicted molar refractivity (Wildman–Crippen MR) is 107 cm³/mol. The fourth-order valence-electron chi connectivity index (χ4n) is 4.63. The van der Waals surface area contributed by atoms with Gasteiger partial charge in [-0.05, 0) is 64.0 Å². The molecular formula is C21H36N4. The summed E-state index contributed by atoms with van der Waals surface area (Å²) < 4.78 is 0. The molecule has 2 aliphatic carbocycles. The molecule has 0 aromatic rings. The van der Waals surface area contributed by atoms with Gasteiger partial charge < -0.3 is 0 Å². The minimum atomic E-state index is 0.158. The monoisotopic (exact) mass is 344 g/mol. The van der Waals surface area contributed by atoms with E-state index in [0.717, 1.165) is 18.4 Å². The van der Waals surface area contributed by atoms with E-state index in [2.05, 4.69) is 42.5 Å². The van der Waals surface area contributed by atoms with Crippen molar-refractivity contribution in [3.05, 3.63) is 12.2 Å². The van der Waals surface area contributed by atoms with Gasteiger partial charge in [0.2, 0.25) is 0 Å². The second-order valence-electron chi connectivity index (χ2n) is 8.24. The summed E-state index contributed by atoms with van der Waals surface area (Å²) >= 11 is 0. The molecule has 6 atom stereocenters. The second kappa shape index (κ2) is 8.98. The van der Waals surface area contributed by atoms with Crippen molar-refractivity contribution in [1.82, 2.24) is 10.3 Å². The van der Waals surface area contributed by atoms with Crippen LogP contribution >= 0.6 is 0 Å². The minimum Gasteiger partial charge on any atom is -0.294 e. The smallest absolute Gasteiger partial charge is 0.109 e. The van der Waals surface area contributed by atoms with Crippen molar-refractivity contribution in [1.29, 1.82) is 0 Å². The van der Waals surface area contributed by atoms with Gasteiger partial charge in [-0.1, -0.05) is 31.9 Å². The van der Waals surface area contributed by atoms with Crippen molar-refractivity contribution in [3.8, 4) is 0 Å². The zero-order valence-electron chi connectivity index (χ0n) is 16.3. The third-order valence-electron chi connectivity index (χ3n) is 6.41. The third kappa shape index (κ3) is 4.72. The van der Waals surface area contributed by atoms with Crippen LogP contribution in [0.3, 0.4) is 0 Å². The van der Waals surface area contributed by atoms with Crippen LogP contribution in [0.4, 0.5) is 0 Å². The first kappa shape index (κ1) is 18.6. The Labute approximate surface area is 153 Å². The molecule has 0 aromatic heterocycles. The summed E-state index contributed by atoms with van der Waals surface area (Å²) in [6, 6.07) is 1.02. The van der Waals surface area contributed by atoms with Crippen LogP contribution < -0.4 is 5.32 Å². The van der Waals surface area contributed by atoms with Crippen molar-refractivity contribution in [2.45, 2.75) is 84.0 Å². The maximum absolute atomic E-state index is 4.80. The zero-order chi connectivity index (χ0) is 17.6. The molecular weight excluding hydrogens is 308 g/mol. The standard InChI is InChI=1S/C21H36N4/c1-4-22-21(24-20-13-9-8-10-16(20)2)19-14-23-25(17(19)3)15-18-11-6-5-7-12-18/h4-6,14,16-21,24H,7-13,15H2,1-3H3. The van der Waals surface area contributed by atoms with Crippen molar-refractivity contribution in [3.63, 3.8) is 0 Å². The van der Waals surface area contributed by atoms with Gasteiger partial charge in [-0.15, -0.1) is 0 Å². The maximum Gasteiger partial charge on any atom is 0.109 e. The number of hydrogen-bond donors (Lipinski definition) is 1. The maximum atomic E-state index is 4.80. The molecule has 0 radical (unpaired) electrons. The molecule has 0 spiro atoms. The highest BCUT2D eigenvalue weighted by Gasteiger charge is 2.36. The molecule has 3 rings (SSSR count). The Bertz CT molecular complexity index is 498. The Morgan fingerprint density at radius 3 is 2.80 bits per heavy atom. The molecule has 1 N–H and O–H groups in total. The average Bonchev–Trinajstić information content (AvgIpc) is 2.98. The molecule has 3 aliphatic rings. The van der Waals surface area contributed by atoms with Crippen molar-refractivity contribution >= 4 is 12.4 Å². The molecule has 0 amide bonds. The van der Waals surface area contributed by atoms with E-state index >= 15 is 0 Å². The van der Waals surface area contributed by atoms with Crippen molar-refractivity contribution < 1.29 is 0 Å². The Kier molecular flexibility index (Phi) is 6.69. The highest BCUT2D eigenvalue weighted by molar-refractivity contribution is 5.65. The van der Waals surface area contributed by atoms with E-state index in [0.29, 0.717) is 18.0 Å². The number of nitrogens with zero attached hydrogens (tertiary/aromatic N) is 3. The molecule has 0 saturated heterocycles. The molecule has 1 heterocycles. The van der Waals surface area contributed by atoms with Crippen LogP contribution in [-0.4, -0.2) is 42.2 Å². The van der Waals surface area contributed by atoms with E-state index in [1.165, 1.54) is 44.9 Å². The summed E-state index contributed by atoms with van der Waals surface area (Å²) in [5.74, 6) is 1.87. The van der Waals surface area contributed by atoms with Crippen LogP contribution in [0.1, 0.15) is 65.7 Å². The molecule has 0 bridgehead atoms. The number of aliphatic imine (C=N–C) groups is 1. The molecule has 1 fully saturated rings. The van der Waals surface area contributed by atoms with Crippen LogP contribution in [0.2, 0.25) is 0 Å². The highest BCUT2D eigenvalue weighted by atomic mass is 15.5. The first-order chi connectivity index (χ1) is 12.2. The minimum absolute atomic E-state index is 0.158. The van der Waals surface area contributed by atoms with E-state index in [1.54, 1.807) is 0 Å². The number of nitrogens with one attached hydrogen (secondary N) is 1. The summed E-state index contributed by atoms with van der Waals surface area (Å²) in [5, 5.41) is 11.0. The molecule has 4 nitrogen and oxygen atoms in total. The Hall–Kier alpha value is -1.16. The van der Waals surface area contributed by atoms with Crippen molar-refractivity contribution in [2.75, 3.05) is 6.54 Å². The fraction of sp³-hybridized carbons (Fsp3) is 0.810. The van der Waals surface area contributed by atoms with Gasteiger partial charge in [-0.3, -0.25) is 15.3 Å². The van der Waals surface area contributed by atoms with Crippen LogP contribution in [0.15, 0.2) is 22.2 Å². The van der Waals surface area contributed by atoms with Gasteiger partial charge in [0.05, 0.1) is 12.0 Å². The molecule has 1 saturated carbocycles. The van der Waals surface area contributed by atoms with Gasteiger partial charge in [0.25, 0.3) is 0 Å². The summed E-state index contributed by atoms with van der Waals surface area (Å²) in [4.78, 5) is 4.80. The van der Waals surface area contributed by atoms with E-state index in [4.69, 9.17) is 10.1 Å². The van der Waals surface area contributed by atoms with E-state index in [9.17, 15) is 0 Å². The second-order valence-corrected chi connectivity index (χ2v) is 8.24. The Balaban J connectivity index is 1.59. The third-order valence-corrected chi connectivity index (χ3v) is 6.41. The molecule has 6 unspecified atom stereocenters. The molecule has 25 heavy (non-hydrogen) atoms. The number of allylic oxidation sites excluding steroid dienone is 2. The van der Waals surface area contributed by atoms with E-state index in [-0.39, 0.29) is 6.17 Å². The topological polar surface area (TPSA) is 40.0 Å². The van der Waals surface area contributed by atoms with Gasteiger partial charge in [0, 0.05) is 18.8 Å².